The highest BCUT2D eigenvalue weighted by molar-refractivity contribution is 7.99. The van der Waals surface area contributed by atoms with Crippen molar-refractivity contribution >= 4 is 51.0 Å². The van der Waals surface area contributed by atoms with Gasteiger partial charge in [-0.2, -0.15) is 0 Å². The summed E-state index contributed by atoms with van der Waals surface area (Å²) in [6.07, 6.45) is 0. The second kappa shape index (κ2) is 7.50. The molecule has 8 heteroatoms. The van der Waals surface area contributed by atoms with Crippen molar-refractivity contribution in [2.24, 2.45) is 0 Å². The fraction of sp³-hybridized carbons (Fsp3) is 0.188. The predicted octanol–water partition coefficient (Wildman–Crippen LogP) is 3.53. The van der Waals surface area contributed by atoms with Crippen LogP contribution in [0.15, 0.2) is 40.9 Å². The number of carbonyl (C=O) groups excluding carboxylic acids is 2. The molecule has 6 nitrogen and oxygen atoms in total. The maximum atomic E-state index is 12.1. The van der Waals surface area contributed by atoms with Crippen LogP contribution in [0.5, 0.6) is 0 Å². The molecule has 3 rings (SSSR count). The Labute approximate surface area is 146 Å². The topological polar surface area (TPSA) is 84.1 Å². The molecule has 0 atom stereocenters. The summed E-state index contributed by atoms with van der Waals surface area (Å²) in [6.45, 7) is 2.04. The number of thiophene rings is 1. The van der Waals surface area contributed by atoms with Crippen LogP contribution in [0.3, 0.4) is 0 Å². The molecule has 0 aliphatic heterocycles. The van der Waals surface area contributed by atoms with Crippen molar-refractivity contribution in [2.75, 3.05) is 17.7 Å². The van der Waals surface area contributed by atoms with E-state index in [1.807, 2.05) is 24.3 Å². The zero-order chi connectivity index (χ0) is 16.9. The van der Waals surface area contributed by atoms with E-state index in [2.05, 4.69) is 15.3 Å². The number of nitrogens with zero attached hydrogens (tertiary/aromatic N) is 1. The minimum atomic E-state index is -0.431. The summed E-state index contributed by atoms with van der Waals surface area (Å²) in [5, 5.41) is 5.68. The number of imidazole rings is 1. The number of esters is 1. The molecule has 1 amide bonds. The molecule has 0 saturated carbocycles. The van der Waals surface area contributed by atoms with Crippen molar-refractivity contribution in [2.45, 2.75) is 12.1 Å². The van der Waals surface area contributed by atoms with Crippen molar-refractivity contribution in [1.82, 2.24) is 9.97 Å². The third kappa shape index (κ3) is 3.77. The minimum Gasteiger partial charge on any atom is -0.462 e. The molecular weight excluding hydrogens is 346 g/mol. The number of ether oxygens (including phenoxy) is 1. The molecule has 0 spiro atoms. The number of thioether (sulfide) groups is 1. The summed E-state index contributed by atoms with van der Waals surface area (Å²) >= 11 is 2.60. The van der Waals surface area contributed by atoms with Crippen molar-refractivity contribution < 1.29 is 14.3 Å². The third-order valence-electron chi connectivity index (χ3n) is 3.12. The normalized spacial score (nSPS) is 10.7. The molecule has 0 aliphatic rings. The molecule has 3 aromatic rings. The number of fused-ring (bicyclic) bond motifs is 1. The van der Waals surface area contributed by atoms with Gasteiger partial charge in [-0.05, 0) is 30.5 Å². The highest BCUT2D eigenvalue weighted by Crippen LogP contribution is 2.25. The van der Waals surface area contributed by atoms with Crippen LogP contribution in [0.25, 0.3) is 11.0 Å². The molecule has 0 unspecified atom stereocenters. The Hall–Kier alpha value is -2.32. The number of benzene rings is 1. The summed E-state index contributed by atoms with van der Waals surface area (Å²) in [6, 6.07) is 9.33. The van der Waals surface area contributed by atoms with Crippen LogP contribution in [0.2, 0.25) is 0 Å². The summed E-state index contributed by atoms with van der Waals surface area (Å²) in [5.41, 5.74) is 2.18. The molecule has 0 saturated heterocycles. The van der Waals surface area contributed by atoms with Crippen LogP contribution in [-0.4, -0.2) is 34.2 Å². The number of carbonyl (C=O) groups is 2. The second-order valence-electron chi connectivity index (χ2n) is 4.78. The number of aromatic amines is 1. The average Bonchev–Trinajstić information content (AvgIpc) is 3.19. The van der Waals surface area contributed by atoms with Crippen molar-refractivity contribution in [1.29, 1.82) is 0 Å². The minimum absolute atomic E-state index is 0.194. The van der Waals surface area contributed by atoms with Crippen LogP contribution < -0.4 is 5.32 Å². The van der Waals surface area contributed by atoms with Gasteiger partial charge in [-0.1, -0.05) is 23.9 Å². The lowest BCUT2D eigenvalue weighted by Crippen LogP contribution is -2.16. The summed E-state index contributed by atoms with van der Waals surface area (Å²) in [5.74, 6) is -0.438. The maximum absolute atomic E-state index is 12.1. The van der Waals surface area contributed by atoms with Gasteiger partial charge >= 0.3 is 5.97 Å². The van der Waals surface area contributed by atoms with Gasteiger partial charge in [0.25, 0.3) is 0 Å². The first-order valence-corrected chi connectivity index (χ1v) is 9.16. The molecule has 0 fully saturated rings. The number of amides is 1. The quantitative estimate of drug-likeness (QED) is 0.518. The van der Waals surface area contributed by atoms with E-state index in [1.165, 1.54) is 23.1 Å². The van der Waals surface area contributed by atoms with Crippen LogP contribution in [-0.2, 0) is 9.53 Å². The number of anilines is 1. The smallest absolute Gasteiger partial charge is 0.341 e. The number of aromatic nitrogens is 2. The zero-order valence-electron chi connectivity index (χ0n) is 12.9. The van der Waals surface area contributed by atoms with Crippen molar-refractivity contribution in [3.05, 3.63) is 41.3 Å². The Kier molecular flexibility index (Phi) is 5.17. The number of rotatable bonds is 6. The standard InChI is InChI=1S/C16H15N3O3S2/c1-2-22-15(21)10-7-8-23-14(10)19-13(20)9-24-16-17-11-5-3-4-6-12(11)18-16/h3-8H,2,9H2,1H3,(H,17,18)(H,19,20). The fourth-order valence-corrected chi connectivity index (χ4v) is 3.55. The van der Waals surface area contributed by atoms with E-state index in [9.17, 15) is 9.59 Å². The van der Waals surface area contributed by atoms with Gasteiger partial charge in [0.05, 0.1) is 29.0 Å². The number of H-pyrrole nitrogens is 1. The maximum Gasteiger partial charge on any atom is 0.341 e. The predicted molar refractivity (Wildman–Crippen MR) is 95.7 cm³/mol. The lowest BCUT2D eigenvalue weighted by atomic mass is 10.3. The summed E-state index contributed by atoms with van der Waals surface area (Å²) < 4.78 is 4.97. The molecule has 124 valence electrons. The first-order valence-electron chi connectivity index (χ1n) is 7.29. The summed E-state index contributed by atoms with van der Waals surface area (Å²) in [7, 11) is 0. The molecule has 2 heterocycles. The molecule has 1 aromatic carbocycles. The molecule has 2 aromatic heterocycles. The van der Waals surface area contributed by atoms with Gasteiger partial charge in [0.1, 0.15) is 5.00 Å². The fourth-order valence-electron chi connectivity index (χ4n) is 2.07. The lowest BCUT2D eigenvalue weighted by Gasteiger charge is -2.05. The van der Waals surface area contributed by atoms with Crippen molar-refractivity contribution in [3.63, 3.8) is 0 Å². The molecule has 0 aliphatic carbocycles. The first-order chi connectivity index (χ1) is 11.7. The highest BCUT2D eigenvalue weighted by atomic mass is 32.2. The Morgan fingerprint density at radius 2 is 2.17 bits per heavy atom. The van der Waals surface area contributed by atoms with E-state index in [-0.39, 0.29) is 11.7 Å². The monoisotopic (exact) mass is 361 g/mol. The van der Waals surface area contributed by atoms with E-state index in [4.69, 9.17) is 4.74 Å². The molecule has 24 heavy (non-hydrogen) atoms. The number of para-hydroxylation sites is 2. The van der Waals surface area contributed by atoms with Crippen LogP contribution in [0.4, 0.5) is 5.00 Å². The highest BCUT2D eigenvalue weighted by Gasteiger charge is 2.16. The lowest BCUT2D eigenvalue weighted by molar-refractivity contribution is -0.113. The Morgan fingerprint density at radius 1 is 1.33 bits per heavy atom. The number of hydrogen-bond acceptors (Lipinski definition) is 6. The molecule has 2 N–H and O–H groups in total. The van der Waals surface area contributed by atoms with Gasteiger partial charge in [-0.15, -0.1) is 11.3 Å². The second-order valence-corrected chi connectivity index (χ2v) is 6.66. The number of nitrogens with one attached hydrogen (secondary N) is 2. The third-order valence-corrected chi connectivity index (χ3v) is 4.82. The van der Waals surface area contributed by atoms with Crippen LogP contribution >= 0.6 is 23.1 Å². The largest absolute Gasteiger partial charge is 0.462 e. The van der Waals surface area contributed by atoms with E-state index < -0.39 is 5.97 Å². The Morgan fingerprint density at radius 3 is 2.96 bits per heavy atom. The van der Waals surface area contributed by atoms with Crippen LogP contribution in [0.1, 0.15) is 17.3 Å². The van der Waals surface area contributed by atoms with Gasteiger partial charge < -0.3 is 15.0 Å². The van der Waals surface area contributed by atoms with E-state index in [0.717, 1.165) is 11.0 Å². The van der Waals surface area contributed by atoms with E-state index >= 15 is 0 Å². The van der Waals surface area contributed by atoms with E-state index in [1.54, 1.807) is 18.4 Å². The molecule has 0 bridgehead atoms. The van der Waals surface area contributed by atoms with Crippen molar-refractivity contribution in [3.8, 4) is 0 Å². The van der Waals surface area contributed by atoms with Gasteiger partial charge in [0, 0.05) is 0 Å². The van der Waals surface area contributed by atoms with Crippen LogP contribution in [0, 0.1) is 0 Å². The summed E-state index contributed by atoms with van der Waals surface area (Å²) in [4.78, 5) is 31.5. The van der Waals surface area contributed by atoms with Gasteiger partial charge in [0.2, 0.25) is 5.91 Å². The zero-order valence-corrected chi connectivity index (χ0v) is 14.5. The number of hydrogen-bond donors (Lipinski definition) is 2. The molecule has 0 radical (unpaired) electrons. The van der Waals surface area contributed by atoms with Gasteiger partial charge in [-0.25, -0.2) is 9.78 Å². The van der Waals surface area contributed by atoms with Gasteiger partial charge in [0.15, 0.2) is 5.16 Å². The molecular formula is C16H15N3O3S2. The SMILES string of the molecule is CCOC(=O)c1ccsc1NC(=O)CSc1nc2ccccc2[nH]1. The van der Waals surface area contributed by atoms with Gasteiger partial charge in [-0.3, -0.25) is 4.79 Å². The Balaban J connectivity index is 1.60. The Bertz CT molecular complexity index is 839. The first kappa shape index (κ1) is 16.5. The van der Waals surface area contributed by atoms with E-state index in [0.29, 0.717) is 22.3 Å². The average molecular weight is 361 g/mol.